The summed E-state index contributed by atoms with van der Waals surface area (Å²) in [5.41, 5.74) is 0. The molecule has 0 heterocycles. The Bertz CT molecular complexity index is 175. The summed E-state index contributed by atoms with van der Waals surface area (Å²) in [5, 5.41) is 9.71. The molecule has 0 bridgehead atoms. The third-order valence-electron chi connectivity index (χ3n) is 2.66. The molecular weight excluding hydrogens is 148 g/mol. The Morgan fingerprint density at radius 3 is 2.75 bits per heavy atom. The minimum Gasteiger partial charge on any atom is -0.393 e. The van der Waals surface area contributed by atoms with Crippen LogP contribution in [0.5, 0.6) is 0 Å². The van der Waals surface area contributed by atoms with E-state index in [1.807, 2.05) is 6.92 Å². The van der Waals surface area contributed by atoms with Gasteiger partial charge in [-0.2, -0.15) is 0 Å². The molecule has 0 unspecified atom stereocenters. The van der Waals surface area contributed by atoms with Crippen molar-refractivity contribution >= 4 is 0 Å². The van der Waals surface area contributed by atoms with Crippen molar-refractivity contribution in [2.24, 2.45) is 5.92 Å². The zero-order valence-corrected chi connectivity index (χ0v) is 7.84. The first-order valence-electron chi connectivity index (χ1n) is 4.92. The Kier molecular flexibility index (Phi) is 4.18. The largest absolute Gasteiger partial charge is 0.393 e. The number of aliphatic hydroxyl groups is 1. The molecule has 1 aliphatic rings. The van der Waals surface area contributed by atoms with Crippen LogP contribution >= 0.6 is 0 Å². The molecule has 0 saturated heterocycles. The Labute approximate surface area is 75.2 Å². The first kappa shape index (κ1) is 9.61. The van der Waals surface area contributed by atoms with Gasteiger partial charge in [0.2, 0.25) is 0 Å². The van der Waals surface area contributed by atoms with Crippen LogP contribution < -0.4 is 0 Å². The molecule has 1 aliphatic carbocycles. The van der Waals surface area contributed by atoms with E-state index in [1.165, 1.54) is 19.3 Å². The van der Waals surface area contributed by atoms with E-state index < -0.39 is 0 Å². The lowest BCUT2D eigenvalue weighted by Gasteiger charge is -2.16. The van der Waals surface area contributed by atoms with Gasteiger partial charge >= 0.3 is 0 Å². The van der Waals surface area contributed by atoms with E-state index in [0.717, 1.165) is 19.3 Å². The fourth-order valence-electron chi connectivity index (χ4n) is 1.84. The van der Waals surface area contributed by atoms with Crippen LogP contribution in [0.4, 0.5) is 0 Å². The highest BCUT2D eigenvalue weighted by Gasteiger charge is 2.20. The topological polar surface area (TPSA) is 20.2 Å². The van der Waals surface area contributed by atoms with Gasteiger partial charge in [-0.05, 0) is 25.7 Å². The first-order valence-corrected chi connectivity index (χ1v) is 4.92. The summed E-state index contributed by atoms with van der Waals surface area (Å²) in [5.74, 6) is 6.41. The third-order valence-corrected chi connectivity index (χ3v) is 2.66. The number of aliphatic hydroxyl groups excluding tert-OH is 1. The minimum atomic E-state index is -0.0895. The van der Waals surface area contributed by atoms with Gasteiger partial charge in [0.1, 0.15) is 0 Å². The average molecular weight is 166 g/mol. The fourth-order valence-corrected chi connectivity index (χ4v) is 1.84. The molecule has 1 saturated carbocycles. The van der Waals surface area contributed by atoms with Gasteiger partial charge in [0.05, 0.1) is 6.10 Å². The lowest BCUT2D eigenvalue weighted by atomic mass is 9.94. The molecule has 1 heteroatoms. The Morgan fingerprint density at radius 1 is 1.25 bits per heavy atom. The number of hydrogen-bond acceptors (Lipinski definition) is 1. The van der Waals surface area contributed by atoms with Gasteiger partial charge in [-0.15, -0.1) is 11.8 Å². The van der Waals surface area contributed by atoms with Crippen LogP contribution in [0.3, 0.4) is 0 Å². The van der Waals surface area contributed by atoms with Crippen molar-refractivity contribution in [3.05, 3.63) is 0 Å². The van der Waals surface area contributed by atoms with Crippen molar-refractivity contribution < 1.29 is 5.11 Å². The van der Waals surface area contributed by atoms with E-state index in [9.17, 15) is 5.11 Å². The molecule has 0 radical (unpaired) electrons. The zero-order valence-electron chi connectivity index (χ0n) is 7.84. The van der Waals surface area contributed by atoms with E-state index in [2.05, 4.69) is 11.8 Å². The Balaban J connectivity index is 2.39. The van der Waals surface area contributed by atoms with Crippen LogP contribution in [-0.2, 0) is 0 Å². The normalized spacial score (nSPS) is 30.2. The van der Waals surface area contributed by atoms with E-state index in [-0.39, 0.29) is 6.10 Å². The molecule has 2 atom stereocenters. The highest BCUT2D eigenvalue weighted by atomic mass is 16.3. The van der Waals surface area contributed by atoms with E-state index in [4.69, 9.17) is 0 Å². The maximum absolute atomic E-state index is 9.71. The molecule has 0 aromatic heterocycles. The predicted octanol–water partition coefficient (Wildman–Crippen LogP) is 2.34. The van der Waals surface area contributed by atoms with Gasteiger partial charge < -0.3 is 5.11 Å². The zero-order chi connectivity index (χ0) is 8.81. The van der Waals surface area contributed by atoms with Crippen LogP contribution in [0, 0.1) is 17.8 Å². The monoisotopic (exact) mass is 166 g/mol. The van der Waals surface area contributed by atoms with E-state index in [0.29, 0.717) is 5.92 Å². The second-order valence-corrected chi connectivity index (χ2v) is 3.60. The van der Waals surface area contributed by atoms with Crippen LogP contribution in [0.1, 0.15) is 45.4 Å². The molecule has 0 spiro atoms. The molecule has 0 aliphatic heterocycles. The number of hydrogen-bond donors (Lipinski definition) is 1. The Hall–Kier alpha value is -0.480. The summed E-state index contributed by atoms with van der Waals surface area (Å²) in [7, 11) is 0. The quantitative estimate of drug-likeness (QED) is 0.468. The lowest BCUT2D eigenvalue weighted by molar-refractivity contribution is 0.103. The lowest BCUT2D eigenvalue weighted by Crippen LogP contribution is -2.18. The molecule has 1 fully saturated rings. The van der Waals surface area contributed by atoms with Crippen molar-refractivity contribution in [1.82, 2.24) is 0 Å². The summed E-state index contributed by atoms with van der Waals surface area (Å²) in [6, 6.07) is 0. The molecule has 0 amide bonds. The summed E-state index contributed by atoms with van der Waals surface area (Å²) in [6.07, 6.45) is 6.69. The second kappa shape index (κ2) is 5.22. The smallest absolute Gasteiger partial charge is 0.0577 e. The summed E-state index contributed by atoms with van der Waals surface area (Å²) in [6.45, 7) is 1.86. The van der Waals surface area contributed by atoms with Gasteiger partial charge in [0.15, 0.2) is 0 Å². The molecule has 1 N–H and O–H groups in total. The number of rotatable bonds is 1. The van der Waals surface area contributed by atoms with Crippen molar-refractivity contribution in [3.63, 3.8) is 0 Å². The molecule has 0 aromatic carbocycles. The fraction of sp³-hybridized carbons (Fsp3) is 0.818. The van der Waals surface area contributed by atoms with Crippen LogP contribution in [0.2, 0.25) is 0 Å². The molecule has 12 heavy (non-hydrogen) atoms. The van der Waals surface area contributed by atoms with Gasteiger partial charge in [0, 0.05) is 6.42 Å². The maximum atomic E-state index is 9.71. The molecule has 0 aromatic rings. The summed E-state index contributed by atoms with van der Waals surface area (Å²) < 4.78 is 0. The first-order chi connectivity index (χ1) is 5.84. The second-order valence-electron chi connectivity index (χ2n) is 3.60. The van der Waals surface area contributed by atoms with Gasteiger partial charge in [-0.1, -0.05) is 19.3 Å². The maximum Gasteiger partial charge on any atom is 0.0577 e. The van der Waals surface area contributed by atoms with Gasteiger partial charge in [-0.3, -0.25) is 0 Å². The van der Waals surface area contributed by atoms with Crippen LogP contribution in [0.15, 0.2) is 0 Å². The highest BCUT2D eigenvalue weighted by Crippen LogP contribution is 2.25. The van der Waals surface area contributed by atoms with Crippen LogP contribution in [0.25, 0.3) is 0 Å². The van der Waals surface area contributed by atoms with E-state index >= 15 is 0 Å². The predicted molar refractivity (Wildman–Crippen MR) is 50.6 cm³/mol. The molecule has 1 rings (SSSR count). The van der Waals surface area contributed by atoms with Crippen molar-refractivity contribution in [3.8, 4) is 11.8 Å². The molecular formula is C11H18O. The average Bonchev–Trinajstić information content (AvgIpc) is 2.27. The third kappa shape index (κ3) is 2.87. The van der Waals surface area contributed by atoms with Crippen LogP contribution in [-0.4, -0.2) is 11.2 Å². The minimum absolute atomic E-state index is 0.0895. The van der Waals surface area contributed by atoms with Gasteiger partial charge in [-0.25, -0.2) is 0 Å². The molecule has 68 valence electrons. The Morgan fingerprint density at radius 2 is 2.00 bits per heavy atom. The summed E-state index contributed by atoms with van der Waals surface area (Å²) in [4.78, 5) is 0. The van der Waals surface area contributed by atoms with E-state index in [1.54, 1.807) is 0 Å². The van der Waals surface area contributed by atoms with Crippen molar-refractivity contribution in [2.75, 3.05) is 0 Å². The SMILES string of the molecule is CC#CC[C@@H]1CCCCC[C@H]1O. The van der Waals surface area contributed by atoms with Crippen molar-refractivity contribution in [2.45, 2.75) is 51.6 Å². The van der Waals surface area contributed by atoms with Gasteiger partial charge in [0.25, 0.3) is 0 Å². The molecule has 1 nitrogen and oxygen atoms in total. The van der Waals surface area contributed by atoms with Crippen molar-refractivity contribution in [1.29, 1.82) is 0 Å². The summed E-state index contributed by atoms with van der Waals surface area (Å²) >= 11 is 0. The highest BCUT2D eigenvalue weighted by molar-refractivity contribution is 4.97. The standard InChI is InChI=1S/C11H18O/c1-2-3-7-10-8-5-4-6-9-11(10)12/h10-12H,4-9H2,1H3/t10-,11-/m1/s1.